The fourth-order valence-electron chi connectivity index (χ4n) is 3.11. The minimum absolute atomic E-state index is 0.265. The molecule has 0 amide bonds. The third-order valence-corrected chi connectivity index (χ3v) is 4.56. The zero-order valence-corrected chi connectivity index (χ0v) is 14.3. The second-order valence-electron chi connectivity index (χ2n) is 6.32. The van der Waals surface area contributed by atoms with Gasteiger partial charge < -0.3 is 10.2 Å². The summed E-state index contributed by atoms with van der Waals surface area (Å²) in [5.41, 5.74) is 0.797. The highest BCUT2D eigenvalue weighted by molar-refractivity contribution is 5.54. The van der Waals surface area contributed by atoms with Crippen molar-refractivity contribution < 1.29 is 4.39 Å². The van der Waals surface area contributed by atoms with Crippen LogP contribution in [0.1, 0.15) is 18.7 Å². The van der Waals surface area contributed by atoms with Crippen molar-refractivity contribution in [2.45, 2.75) is 25.4 Å². The summed E-state index contributed by atoms with van der Waals surface area (Å²) in [7, 11) is 0. The molecule has 4 rings (SSSR count). The molecule has 1 aliphatic heterocycles. The number of hydrogen-bond donors (Lipinski definition) is 2. The van der Waals surface area contributed by atoms with Crippen molar-refractivity contribution in [1.82, 2.24) is 30.5 Å². The van der Waals surface area contributed by atoms with Crippen molar-refractivity contribution in [2.24, 2.45) is 0 Å². The first-order valence-electron chi connectivity index (χ1n) is 8.69. The van der Waals surface area contributed by atoms with Crippen LogP contribution in [0.3, 0.4) is 0 Å². The highest BCUT2D eigenvalue weighted by atomic mass is 19.1. The van der Waals surface area contributed by atoms with Gasteiger partial charge in [-0.3, -0.25) is 10.1 Å². The van der Waals surface area contributed by atoms with Gasteiger partial charge in [0.25, 0.3) is 0 Å². The molecule has 26 heavy (non-hydrogen) atoms. The number of aromatic nitrogens is 5. The lowest BCUT2D eigenvalue weighted by atomic mass is 10.1. The zero-order chi connectivity index (χ0) is 17.8. The average Bonchev–Trinajstić information content (AvgIpc) is 3.17. The standard InChI is InChI=1S/C18H20FN7/c19-14-3-1-13(2-4-14)18-23-16(24-25-18)11-22-15-5-9-26(10-6-15)17-12-20-7-8-21-17/h1-4,7-8,12,15,22H,5-6,9-11H2,(H,23,24,25). The van der Waals surface area contributed by atoms with Crippen LogP contribution >= 0.6 is 0 Å². The van der Waals surface area contributed by atoms with E-state index in [-0.39, 0.29) is 5.82 Å². The van der Waals surface area contributed by atoms with Crippen molar-refractivity contribution in [3.8, 4) is 11.4 Å². The molecule has 0 unspecified atom stereocenters. The molecule has 134 valence electrons. The number of nitrogens with zero attached hydrogens (tertiary/aromatic N) is 5. The predicted molar refractivity (Wildman–Crippen MR) is 95.9 cm³/mol. The first-order valence-corrected chi connectivity index (χ1v) is 8.69. The number of benzene rings is 1. The van der Waals surface area contributed by atoms with Gasteiger partial charge in [-0.05, 0) is 37.1 Å². The topological polar surface area (TPSA) is 82.6 Å². The molecule has 0 bridgehead atoms. The van der Waals surface area contributed by atoms with Gasteiger partial charge in [0.2, 0.25) is 0 Å². The molecule has 0 saturated carbocycles. The van der Waals surface area contributed by atoms with Gasteiger partial charge in [0.05, 0.1) is 12.7 Å². The van der Waals surface area contributed by atoms with Crippen molar-refractivity contribution in [1.29, 1.82) is 0 Å². The van der Waals surface area contributed by atoms with Crippen LogP contribution in [0, 0.1) is 5.82 Å². The molecule has 3 aromatic rings. The number of piperidine rings is 1. The SMILES string of the molecule is Fc1ccc(-c2n[nH]c(CNC3CCN(c4cnccn4)CC3)n2)cc1. The van der Waals surface area contributed by atoms with Gasteiger partial charge in [0.15, 0.2) is 5.82 Å². The molecular formula is C18H20FN7. The summed E-state index contributed by atoms with van der Waals surface area (Å²) in [5, 5.41) is 10.7. The summed E-state index contributed by atoms with van der Waals surface area (Å²) >= 11 is 0. The highest BCUT2D eigenvalue weighted by Crippen LogP contribution is 2.17. The molecule has 7 nitrogen and oxygen atoms in total. The lowest BCUT2D eigenvalue weighted by Gasteiger charge is -2.32. The van der Waals surface area contributed by atoms with E-state index in [1.54, 1.807) is 30.7 Å². The fourth-order valence-corrected chi connectivity index (χ4v) is 3.11. The molecule has 2 N–H and O–H groups in total. The Bertz CT molecular complexity index is 826. The van der Waals surface area contributed by atoms with Crippen LogP contribution in [0.15, 0.2) is 42.9 Å². The minimum atomic E-state index is -0.265. The van der Waals surface area contributed by atoms with E-state index in [0.717, 1.165) is 43.1 Å². The van der Waals surface area contributed by atoms with Gasteiger partial charge in [-0.15, -0.1) is 0 Å². The van der Waals surface area contributed by atoms with E-state index in [1.807, 2.05) is 0 Å². The maximum absolute atomic E-state index is 13.0. The summed E-state index contributed by atoms with van der Waals surface area (Å²) < 4.78 is 13.0. The first-order chi connectivity index (χ1) is 12.8. The molecule has 0 aliphatic carbocycles. The average molecular weight is 353 g/mol. The summed E-state index contributed by atoms with van der Waals surface area (Å²) in [6.45, 7) is 2.53. The van der Waals surface area contributed by atoms with E-state index in [2.05, 4.69) is 35.4 Å². The zero-order valence-electron chi connectivity index (χ0n) is 14.3. The molecule has 0 spiro atoms. The molecule has 1 aromatic carbocycles. The Labute approximate surface area is 150 Å². The fraction of sp³-hybridized carbons (Fsp3) is 0.333. The summed E-state index contributed by atoms with van der Waals surface area (Å²) in [6, 6.07) is 6.61. The minimum Gasteiger partial charge on any atom is -0.355 e. The third kappa shape index (κ3) is 3.85. The maximum atomic E-state index is 13.0. The van der Waals surface area contributed by atoms with Gasteiger partial charge in [0.1, 0.15) is 17.5 Å². The second kappa shape index (κ2) is 7.57. The monoisotopic (exact) mass is 353 g/mol. The number of rotatable bonds is 5. The molecule has 0 radical (unpaired) electrons. The van der Waals surface area contributed by atoms with E-state index in [4.69, 9.17) is 0 Å². The largest absolute Gasteiger partial charge is 0.355 e. The van der Waals surface area contributed by atoms with Gasteiger partial charge in [-0.1, -0.05) is 0 Å². The van der Waals surface area contributed by atoms with Crippen LogP contribution in [0.25, 0.3) is 11.4 Å². The van der Waals surface area contributed by atoms with Crippen LogP contribution in [-0.2, 0) is 6.54 Å². The Kier molecular flexibility index (Phi) is 4.83. The van der Waals surface area contributed by atoms with Crippen LogP contribution in [-0.4, -0.2) is 44.3 Å². The molecule has 3 heterocycles. The van der Waals surface area contributed by atoms with Crippen LogP contribution in [0.5, 0.6) is 0 Å². The molecule has 0 atom stereocenters. The second-order valence-corrected chi connectivity index (χ2v) is 6.32. The number of nitrogens with one attached hydrogen (secondary N) is 2. The van der Waals surface area contributed by atoms with Gasteiger partial charge in [-0.2, -0.15) is 5.10 Å². The molecule has 2 aromatic heterocycles. The first kappa shape index (κ1) is 16.6. The number of H-pyrrole nitrogens is 1. The Hall–Kier alpha value is -2.87. The lowest BCUT2D eigenvalue weighted by molar-refractivity contribution is 0.408. The van der Waals surface area contributed by atoms with E-state index in [9.17, 15) is 4.39 Å². The van der Waals surface area contributed by atoms with E-state index in [0.29, 0.717) is 18.4 Å². The number of anilines is 1. The quantitative estimate of drug-likeness (QED) is 0.731. The number of hydrogen-bond acceptors (Lipinski definition) is 6. The van der Waals surface area contributed by atoms with Crippen molar-refractivity contribution in [2.75, 3.05) is 18.0 Å². The summed E-state index contributed by atoms with van der Waals surface area (Å²) in [6.07, 6.45) is 7.29. The number of aromatic amines is 1. The van der Waals surface area contributed by atoms with Crippen LogP contribution in [0.2, 0.25) is 0 Å². The maximum Gasteiger partial charge on any atom is 0.181 e. The van der Waals surface area contributed by atoms with Crippen molar-refractivity contribution in [3.05, 3.63) is 54.5 Å². The molecule has 8 heteroatoms. The number of halogens is 1. The molecular weight excluding hydrogens is 333 g/mol. The van der Waals surface area contributed by atoms with Gasteiger partial charge >= 0.3 is 0 Å². The summed E-state index contributed by atoms with van der Waals surface area (Å²) in [4.78, 5) is 15.2. The Morgan fingerprint density at radius 2 is 1.96 bits per heavy atom. The van der Waals surface area contributed by atoms with Gasteiger partial charge in [0, 0.05) is 37.1 Å². The van der Waals surface area contributed by atoms with Crippen molar-refractivity contribution in [3.63, 3.8) is 0 Å². The molecule has 1 fully saturated rings. The molecule has 1 saturated heterocycles. The highest BCUT2D eigenvalue weighted by Gasteiger charge is 2.20. The molecule has 1 aliphatic rings. The van der Waals surface area contributed by atoms with Crippen LogP contribution in [0.4, 0.5) is 10.2 Å². The Balaban J connectivity index is 1.28. The lowest BCUT2D eigenvalue weighted by Crippen LogP contribution is -2.42. The Morgan fingerprint density at radius 1 is 1.15 bits per heavy atom. The Morgan fingerprint density at radius 3 is 2.69 bits per heavy atom. The van der Waals surface area contributed by atoms with E-state index in [1.165, 1.54) is 12.1 Å². The normalized spacial score (nSPS) is 15.3. The summed E-state index contributed by atoms with van der Waals surface area (Å²) in [5.74, 6) is 2.03. The van der Waals surface area contributed by atoms with Gasteiger partial charge in [-0.25, -0.2) is 14.4 Å². The smallest absolute Gasteiger partial charge is 0.181 e. The third-order valence-electron chi connectivity index (χ3n) is 4.56. The van der Waals surface area contributed by atoms with E-state index >= 15 is 0 Å². The predicted octanol–water partition coefficient (Wildman–Crippen LogP) is 2.16. The van der Waals surface area contributed by atoms with Crippen LogP contribution < -0.4 is 10.2 Å². The van der Waals surface area contributed by atoms with E-state index < -0.39 is 0 Å². The van der Waals surface area contributed by atoms with Crippen molar-refractivity contribution >= 4 is 5.82 Å².